The van der Waals surface area contributed by atoms with Crippen molar-refractivity contribution in [3.05, 3.63) is 107 Å². The Balaban J connectivity index is 1.62. The Hall–Kier alpha value is -3.99. The molecule has 1 aromatic heterocycles. The summed E-state index contributed by atoms with van der Waals surface area (Å²) in [5.41, 5.74) is 3.80. The Bertz CT molecular complexity index is 1220. The topological polar surface area (TPSA) is 64.0 Å². The van der Waals surface area contributed by atoms with E-state index in [1.54, 1.807) is 13.0 Å². The van der Waals surface area contributed by atoms with Gasteiger partial charge >= 0.3 is 0 Å². The van der Waals surface area contributed by atoms with Gasteiger partial charge in [-0.15, -0.1) is 0 Å². The molecule has 5 heteroatoms. The Labute approximate surface area is 174 Å². The van der Waals surface area contributed by atoms with Crippen LogP contribution in [0.15, 0.2) is 102 Å². The van der Waals surface area contributed by atoms with Crippen LogP contribution in [0.3, 0.4) is 0 Å². The van der Waals surface area contributed by atoms with Crippen molar-refractivity contribution in [3.8, 4) is 22.4 Å². The van der Waals surface area contributed by atoms with Crippen LogP contribution < -0.4 is 10.9 Å². The number of aromatic nitrogens is 2. The zero-order chi connectivity index (χ0) is 20.9. The summed E-state index contributed by atoms with van der Waals surface area (Å²) in [6.45, 7) is 1.67. The summed E-state index contributed by atoms with van der Waals surface area (Å²) < 4.78 is 1.22. The summed E-state index contributed by atoms with van der Waals surface area (Å²) in [7, 11) is 0. The van der Waals surface area contributed by atoms with Gasteiger partial charge in [-0.2, -0.15) is 5.10 Å². The number of para-hydroxylation sites is 1. The minimum Gasteiger partial charge on any atom is -0.324 e. The standard InChI is InChI=1S/C25H21N3O2/c1-18(28-24(29)17-16-22(27-28)20-12-6-3-7-13-20)25(30)26-23-15-9-8-14-21(23)19-10-4-2-5-11-19/h2-18H,1H3,(H,26,30)/t18-/m1/s1. The predicted octanol–water partition coefficient (Wildman–Crippen LogP) is 4.78. The quantitative estimate of drug-likeness (QED) is 0.529. The number of anilines is 1. The van der Waals surface area contributed by atoms with Crippen LogP contribution in [0.4, 0.5) is 5.69 Å². The fourth-order valence-corrected chi connectivity index (χ4v) is 3.28. The van der Waals surface area contributed by atoms with E-state index in [0.29, 0.717) is 11.4 Å². The molecule has 0 fully saturated rings. The van der Waals surface area contributed by atoms with Crippen LogP contribution >= 0.6 is 0 Å². The minimum absolute atomic E-state index is 0.307. The molecule has 1 atom stereocenters. The van der Waals surface area contributed by atoms with Crippen LogP contribution in [0.1, 0.15) is 13.0 Å². The highest BCUT2D eigenvalue weighted by molar-refractivity contribution is 5.97. The molecule has 0 bridgehead atoms. The van der Waals surface area contributed by atoms with Gasteiger partial charge in [0.15, 0.2) is 0 Å². The van der Waals surface area contributed by atoms with Gasteiger partial charge in [0, 0.05) is 22.9 Å². The van der Waals surface area contributed by atoms with Crippen LogP contribution in [-0.4, -0.2) is 15.7 Å². The number of hydrogen-bond donors (Lipinski definition) is 1. The number of rotatable bonds is 5. The average Bonchev–Trinajstić information content (AvgIpc) is 2.80. The lowest BCUT2D eigenvalue weighted by Crippen LogP contribution is -2.33. The van der Waals surface area contributed by atoms with Crippen molar-refractivity contribution in [1.29, 1.82) is 0 Å². The lowest BCUT2D eigenvalue weighted by Gasteiger charge is -2.17. The molecule has 0 radical (unpaired) electrons. The van der Waals surface area contributed by atoms with Crippen molar-refractivity contribution in [2.45, 2.75) is 13.0 Å². The van der Waals surface area contributed by atoms with E-state index in [4.69, 9.17) is 0 Å². The third kappa shape index (κ3) is 4.05. The fourth-order valence-electron chi connectivity index (χ4n) is 3.28. The number of amides is 1. The van der Waals surface area contributed by atoms with Gasteiger partial charge in [-0.1, -0.05) is 78.9 Å². The molecule has 148 valence electrons. The number of benzene rings is 3. The highest BCUT2D eigenvalue weighted by atomic mass is 16.2. The Kier molecular flexibility index (Phi) is 5.52. The van der Waals surface area contributed by atoms with Gasteiger partial charge in [-0.05, 0) is 24.6 Å². The van der Waals surface area contributed by atoms with E-state index in [9.17, 15) is 9.59 Å². The maximum Gasteiger partial charge on any atom is 0.267 e. The van der Waals surface area contributed by atoms with Gasteiger partial charge in [0.1, 0.15) is 6.04 Å². The second-order valence-corrected chi connectivity index (χ2v) is 6.94. The number of hydrogen-bond acceptors (Lipinski definition) is 3. The maximum atomic E-state index is 13.0. The smallest absolute Gasteiger partial charge is 0.267 e. The van der Waals surface area contributed by atoms with Gasteiger partial charge in [-0.3, -0.25) is 9.59 Å². The molecule has 1 heterocycles. The van der Waals surface area contributed by atoms with Crippen molar-refractivity contribution in [3.63, 3.8) is 0 Å². The Morgan fingerprint density at radius 1 is 0.800 bits per heavy atom. The van der Waals surface area contributed by atoms with Crippen LogP contribution in [0, 0.1) is 0 Å². The molecule has 4 rings (SSSR count). The largest absolute Gasteiger partial charge is 0.324 e. The lowest BCUT2D eigenvalue weighted by atomic mass is 10.0. The molecule has 5 nitrogen and oxygen atoms in total. The van der Waals surface area contributed by atoms with Gasteiger partial charge in [0.05, 0.1) is 5.69 Å². The lowest BCUT2D eigenvalue weighted by molar-refractivity contribution is -0.119. The zero-order valence-electron chi connectivity index (χ0n) is 16.5. The van der Waals surface area contributed by atoms with E-state index in [1.807, 2.05) is 84.9 Å². The van der Waals surface area contributed by atoms with Gasteiger partial charge in [-0.25, -0.2) is 4.68 Å². The molecule has 30 heavy (non-hydrogen) atoms. The SMILES string of the molecule is C[C@H](C(=O)Nc1ccccc1-c1ccccc1)n1nc(-c2ccccc2)ccc1=O. The van der Waals surface area contributed by atoms with E-state index in [-0.39, 0.29) is 11.5 Å². The van der Waals surface area contributed by atoms with Crippen molar-refractivity contribution in [2.75, 3.05) is 5.32 Å². The molecule has 3 aromatic carbocycles. The minimum atomic E-state index is -0.773. The molecule has 0 unspecified atom stereocenters. The summed E-state index contributed by atoms with van der Waals surface area (Å²) in [6.07, 6.45) is 0. The summed E-state index contributed by atoms with van der Waals surface area (Å²) in [5, 5.41) is 7.38. The molecule has 0 saturated carbocycles. The molecular weight excluding hydrogens is 374 g/mol. The van der Waals surface area contributed by atoms with Crippen LogP contribution in [0.2, 0.25) is 0 Å². The van der Waals surface area contributed by atoms with Crippen molar-refractivity contribution >= 4 is 11.6 Å². The van der Waals surface area contributed by atoms with Crippen LogP contribution in [-0.2, 0) is 4.79 Å². The molecule has 0 spiro atoms. The predicted molar refractivity (Wildman–Crippen MR) is 119 cm³/mol. The van der Waals surface area contributed by atoms with Gasteiger partial charge in [0.2, 0.25) is 5.91 Å². The molecular formula is C25H21N3O2. The second kappa shape index (κ2) is 8.57. The molecule has 1 amide bonds. The first-order valence-corrected chi connectivity index (χ1v) is 9.74. The van der Waals surface area contributed by atoms with E-state index in [2.05, 4.69) is 10.4 Å². The second-order valence-electron chi connectivity index (χ2n) is 6.94. The van der Waals surface area contributed by atoms with E-state index in [1.165, 1.54) is 10.7 Å². The van der Waals surface area contributed by atoms with E-state index in [0.717, 1.165) is 16.7 Å². The average molecular weight is 395 g/mol. The van der Waals surface area contributed by atoms with Crippen LogP contribution in [0.25, 0.3) is 22.4 Å². The highest BCUT2D eigenvalue weighted by Crippen LogP contribution is 2.28. The molecule has 0 aliphatic rings. The fraction of sp³-hybridized carbons (Fsp3) is 0.0800. The van der Waals surface area contributed by atoms with Gasteiger partial charge in [0.25, 0.3) is 5.56 Å². The molecule has 1 N–H and O–H groups in total. The first-order valence-electron chi connectivity index (χ1n) is 9.74. The Morgan fingerprint density at radius 2 is 1.40 bits per heavy atom. The summed E-state index contributed by atoms with van der Waals surface area (Å²) in [5.74, 6) is -0.307. The zero-order valence-corrected chi connectivity index (χ0v) is 16.5. The monoisotopic (exact) mass is 395 g/mol. The van der Waals surface area contributed by atoms with Gasteiger partial charge < -0.3 is 5.32 Å². The normalized spacial score (nSPS) is 11.6. The molecule has 4 aromatic rings. The number of nitrogens with zero attached hydrogens (tertiary/aromatic N) is 2. The summed E-state index contributed by atoms with van der Waals surface area (Å²) >= 11 is 0. The molecule has 0 aliphatic carbocycles. The van der Waals surface area contributed by atoms with Crippen molar-refractivity contribution in [2.24, 2.45) is 0 Å². The maximum absolute atomic E-state index is 13.0. The van der Waals surface area contributed by atoms with Crippen LogP contribution in [0.5, 0.6) is 0 Å². The Morgan fingerprint density at radius 3 is 2.10 bits per heavy atom. The number of carbonyl (C=O) groups excluding carboxylic acids is 1. The summed E-state index contributed by atoms with van der Waals surface area (Å²) in [4.78, 5) is 25.4. The number of carbonyl (C=O) groups is 1. The number of nitrogens with one attached hydrogen (secondary N) is 1. The van der Waals surface area contributed by atoms with Crippen molar-refractivity contribution < 1.29 is 4.79 Å². The third-order valence-electron chi connectivity index (χ3n) is 4.91. The highest BCUT2D eigenvalue weighted by Gasteiger charge is 2.19. The van der Waals surface area contributed by atoms with Crippen molar-refractivity contribution in [1.82, 2.24) is 9.78 Å². The van der Waals surface area contributed by atoms with E-state index < -0.39 is 6.04 Å². The first kappa shape index (κ1) is 19.3. The molecule has 0 saturated heterocycles. The first-order chi connectivity index (χ1) is 14.6. The van der Waals surface area contributed by atoms with E-state index >= 15 is 0 Å². The molecule has 0 aliphatic heterocycles. The third-order valence-corrected chi connectivity index (χ3v) is 4.91. The summed E-state index contributed by atoms with van der Waals surface area (Å²) in [6, 6.07) is 29.3.